The van der Waals surface area contributed by atoms with E-state index in [1.165, 1.54) is 16.0 Å². The normalized spacial score (nSPS) is 22.0. The molecule has 1 saturated heterocycles. The molecule has 0 spiro atoms. The molecule has 1 atom stereocenters. The van der Waals surface area contributed by atoms with Gasteiger partial charge in [0.25, 0.3) is 0 Å². The first-order valence-corrected chi connectivity index (χ1v) is 11.6. The summed E-state index contributed by atoms with van der Waals surface area (Å²) in [6, 6.07) is 13.1. The van der Waals surface area contributed by atoms with Crippen molar-refractivity contribution in [1.82, 2.24) is 10.2 Å². The Balaban J connectivity index is 1.61. The Bertz CT molecular complexity index is 873. The van der Waals surface area contributed by atoms with Crippen LogP contribution in [-0.4, -0.2) is 35.8 Å². The molecule has 0 bridgehead atoms. The monoisotopic (exact) mass is 410 g/mol. The minimum absolute atomic E-state index is 0.0422. The number of likely N-dealkylation sites (tertiary alicyclic amines) is 1. The van der Waals surface area contributed by atoms with Gasteiger partial charge in [0.2, 0.25) is 11.8 Å². The molecule has 2 amide bonds. The second kappa shape index (κ2) is 8.31. The molecule has 1 aliphatic heterocycles. The maximum Gasteiger partial charge on any atom is 0.228 e. The summed E-state index contributed by atoms with van der Waals surface area (Å²) < 4.78 is 0. The fraction of sp³-hybridized carbons (Fsp3) is 0.500. The summed E-state index contributed by atoms with van der Waals surface area (Å²) in [6.07, 6.45) is 4.53. The van der Waals surface area contributed by atoms with Crippen LogP contribution in [-0.2, 0) is 16.0 Å². The van der Waals surface area contributed by atoms with Crippen LogP contribution in [0.5, 0.6) is 0 Å². The molecule has 2 heterocycles. The van der Waals surface area contributed by atoms with E-state index in [2.05, 4.69) is 47.1 Å². The molecule has 1 aliphatic carbocycles. The molecule has 4 rings (SSSR count). The maximum absolute atomic E-state index is 13.4. The number of benzene rings is 1. The molecule has 4 nitrogen and oxygen atoms in total. The fourth-order valence-electron chi connectivity index (χ4n) is 4.33. The van der Waals surface area contributed by atoms with Crippen molar-refractivity contribution in [3.05, 3.63) is 47.3 Å². The zero-order valence-corrected chi connectivity index (χ0v) is 18.1. The van der Waals surface area contributed by atoms with Gasteiger partial charge in [-0.05, 0) is 54.7 Å². The minimum atomic E-state index is -0.542. The minimum Gasteiger partial charge on any atom is -0.353 e. The van der Waals surface area contributed by atoms with Gasteiger partial charge in [0.15, 0.2) is 0 Å². The number of nitrogens with zero attached hydrogens (tertiary/aromatic N) is 1. The van der Waals surface area contributed by atoms with Crippen LogP contribution in [0.1, 0.15) is 45.1 Å². The molecule has 2 aromatic rings. The van der Waals surface area contributed by atoms with Crippen molar-refractivity contribution in [3.8, 4) is 10.4 Å². The Kier molecular flexibility index (Phi) is 5.77. The number of hydrogen-bond donors (Lipinski definition) is 1. The largest absolute Gasteiger partial charge is 0.353 e. The van der Waals surface area contributed by atoms with Crippen LogP contribution in [0.2, 0.25) is 0 Å². The highest BCUT2D eigenvalue weighted by molar-refractivity contribution is 7.13. The van der Waals surface area contributed by atoms with Crippen molar-refractivity contribution >= 4 is 23.2 Å². The number of rotatable bonds is 6. The highest BCUT2D eigenvalue weighted by Crippen LogP contribution is 2.37. The van der Waals surface area contributed by atoms with Gasteiger partial charge in [-0.3, -0.25) is 9.59 Å². The highest BCUT2D eigenvalue weighted by Gasteiger charge is 2.45. The molecule has 1 N–H and O–H groups in total. The molecule has 5 heteroatoms. The van der Waals surface area contributed by atoms with E-state index in [1.54, 1.807) is 11.3 Å². The SMILES string of the molecule is CC(C)C(=O)N1CCCC(Cc2cccc(-c3cccs3)c2)(C(=O)NC2CC2)C1. The summed E-state index contributed by atoms with van der Waals surface area (Å²) in [7, 11) is 0. The van der Waals surface area contributed by atoms with Crippen LogP contribution in [0, 0.1) is 11.3 Å². The topological polar surface area (TPSA) is 49.4 Å². The third-order valence-electron chi connectivity index (χ3n) is 6.05. The van der Waals surface area contributed by atoms with E-state index < -0.39 is 5.41 Å². The second-order valence-corrected chi connectivity index (χ2v) is 9.85. The smallest absolute Gasteiger partial charge is 0.228 e. The molecule has 29 heavy (non-hydrogen) atoms. The highest BCUT2D eigenvalue weighted by atomic mass is 32.1. The summed E-state index contributed by atoms with van der Waals surface area (Å²) >= 11 is 1.73. The first kappa shape index (κ1) is 20.1. The molecular weight excluding hydrogens is 380 g/mol. The third-order valence-corrected chi connectivity index (χ3v) is 6.97. The van der Waals surface area contributed by atoms with E-state index in [1.807, 2.05) is 18.7 Å². The Morgan fingerprint density at radius 2 is 2.07 bits per heavy atom. The molecular formula is C24H30N2O2S. The van der Waals surface area contributed by atoms with Crippen LogP contribution < -0.4 is 5.32 Å². The van der Waals surface area contributed by atoms with E-state index in [0.29, 0.717) is 19.0 Å². The zero-order chi connectivity index (χ0) is 20.4. The summed E-state index contributed by atoms with van der Waals surface area (Å²) in [5.74, 6) is 0.239. The zero-order valence-electron chi connectivity index (χ0n) is 17.3. The quantitative estimate of drug-likeness (QED) is 0.762. The molecule has 1 aromatic heterocycles. The van der Waals surface area contributed by atoms with Crippen LogP contribution in [0.25, 0.3) is 10.4 Å². The molecule has 2 fully saturated rings. The number of nitrogens with one attached hydrogen (secondary N) is 1. The molecule has 2 aliphatic rings. The lowest BCUT2D eigenvalue weighted by atomic mass is 9.73. The van der Waals surface area contributed by atoms with Crippen LogP contribution in [0.15, 0.2) is 41.8 Å². The number of carbonyl (C=O) groups is 2. The van der Waals surface area contributed by atoms with Gasteiger partial charge in [-0.2, -0.15) is 0 Å². The van der Waals surface area contributed by atoms with Gasteiger partial charge in [-0.25, -0.2) is 0 Å². The number of amides is 2. The summed E-state index contributed by atoms with van der Waals surface area (Å²) in [6.45, 7) is 5.15. The van der Waals surface area contributed by atoms with Crippen molar-refractivity contribution in [2.75, 3.05) is 13.1 Å². The van der Waals surface area contributed by atoms with Gasteiger partial charge in [0.1, 0.15) is 0 Å². The van der Waals surface area contributed by atoms with Gasteiger partial charge >= 0.3 is 0 Å². The summed E-state index contributed by atoms with van der Waals surface area (Å²) in [5.41, 5.74) is 1.82. The van der Waals surface area contributed by atoms with Crippen molar-refractivity contribution in [1.29, 1.82) is 0 Å². The van der Waals surface area contributed by atoms with Crippen LogP contribution in [0.4, 0.5) is 0 Å². The van der Waals surface area contributed by atoms with Crippen molar-refractivity contribution in [3.63, 3.8) is 0 Å². The van der Waals surface area contributed by atoms with Gasteiger partial charge in [0.05, 0.1) is 5.41 Å². The van der Waals surface area contributed by atoms with Crippen LogP contribution in [0.3, 0.4) is 0 Å². The second-order valence-electron chi connectivity index (χ2n) is 8.90. The lowest BCUT2D eigenvalue weighted by Crippen LogP contribution is -2.55. The summed E-state index contributed by atoms with van der Waals surface area (Å²) in [5, 5.41) is 5.33. The predicted molar refractivity (Wildman–Crippen MR) is 118 cm³/mol. The first-order valence-electron chi connectivity index (χ1n) is 10.7. The molecule has 1 saturated carbocycles. The average Bonchev–Trinajstić information content (AvgIpc) is 3.36. The number of carbonyl (C=O) groups excluding carboxylic acids is 2. The number of hydrogen-bond acceptors (Lipinski definition) is 3. The third kappa shape index (κ3) is 4.55. The van der Waals surface area contributed by atoms with E-state index in [9.17, 15) is 9.59 Å². The number of piperidine rings is 1. The molecule has 154 valence electrons. The van der Waals surface area contributed by atoms with E-state index in [0.717, 1.165) is 32.2 Å². The fourth-order valence-corrected chi connectivity index (χ4v) is 5.05. The molecule has 0 radical (unpaired) electrons. The predicted octanol–water partition coefficient (Wildman–Crippen LogP) is 4.50. The number of thiophene rings is 1. The first-order chi connectivity index (χ1) is 14.0. The Hall–Kier alpha value is -2.14. The Morgan fingerprint density at radius 3 is 2.76 bits per heavy atom. The van der Waals surface area contributed by atoms with Crippen molar-refractivity contribution in [2.24, 2.45) is 11.3 Å². The van der Waals surface area contributed by atoms with Crippen molar-refractivity contribution in [2.45, 2.75) is 52.0 Å². The Morgan fingerprint density at radius 1 is 1.24 bits per heavy atom. The lowest BCUT2D eigenvalue weighted by molar-refractivity contribution is -0.143. The van der Waals surface area contributed by atoms with Crippen LogP contribution >= 0.6 is 11.3 Å². The van der Waals surface area contributed by atoms with E-state index in [-0.39, 0.29) is 17.7 Å². The van der Waals surface area contributed by atoms with Gasteiger partial charge in [-0.1, -0.05) is 44.2 Å². The van der Waals surface area contributed by atoms with Crippen molar-refractivity contribution < 1.29 is 9.59 Å². The van der Waals surface area contributed by atoms with E-state index >= 15 is 0 Å². The van der Waals surface area contributed by atoms with Gasteiger partial charge in [0, 0.05) is 29.9 Å². The maximum atomic E-state index is 13.4. The van der Waals surface area contributed by atoms with Gasteiger partial charge in [-0.15, -0.1) is 11.3 Å². The summed E-state index contributed by atoms with van der Waals surface area (Å²) in [4.78, 5) is 29.2. The Labute approximate surface area is 177 Å². The molecule has 1 unspecified atom stereocenters. The average molecular weight is 411 g/mol. The van der Waals surface area contributed by atoms with Gasteiger partial charge < -0.3 is 10.2 Å². The van der Waals surface area contributed by atoms with E-state index in [4.69, 9.17) is 0 Å². The standard InChI is InChI=1S/C24H30N2O2S/c1-17(2)22(27)26-12-5-11-24(16-26,23(28)25-20-9-10-20)15-18-6-3-7-19(14-18)21-8-4-13-29-21/h3-4,6-8,13-14,17,20H,5,9-12,15-16H2,1-2H3,(H,25,28). The molecule has 1 aromatic carbocycles. The lowest BCUT2D eigenvalue weighted by Gasteiger charge is -2.42.